The molecule has 2 aromatic carbocycles. The Morgan fingerprint density at radius 1 is 1.04 bits per heavy atom. The van der Waals surface area contributed by atoms with Crippen LogP contribution < -0.4 is 10.7 Å². The van der Waals surface area contributed by atoms with Crippen LogP contribution in [0.1, 0.15) is 0 Å². The first-order chi connectivity index (χ1) is 12.9. The van der Waals surface area contributed by atoms with E-state index in [1.54, 1.807) is 6.07 Å². The summed E-state index contributed by atoms with van der Waals surface area (Å²) in [5.74, 6) is -0.619. The fraction of sp³-hybridized carbons (Fsp3) is 0.235. The molecule has 1 aliphatic rings. The van der Waals surface area contributed by atoms with Crippen LogP contribution in [-0.2, 0) is 10.0 Å². The highest BCUT2D eigenvalue weighted by molar-refractivity contribution is 7.89. The van der Waals surface area contributed by atoms with Crippen LogP contribution in [0.15, 0.2) is 50.5 Å². The Morgan fingerprint density at radius 3 is 2.52 bits per heavy atom. The van der Waals surface area contributed by atoms with Crippen LogP contribution in [0.25, 0.3) is 11.1 Å². The van der Waals surface area contributed by atoms with Gasteiger partial charge < -0.3 is 9.32 Å². The van der Waals surface area contributed by atoms with Gasteiger partial charge in [-0.1, -0.05) is 29.3 Å². The van der Waals surface area contributed by atoms with Crippen molar-refractivity contribution in [3.05, 3.63) is 57.0 Å². The maximum absolute atomic E-state index is 12.9. The summed E-state index contributed by atoms with van der Waals surface area (Å²) in [6, 6.07) is 9.71. The van der Waals surface area contributed by atoms with Gasteiger partial charge in [-0.2, -0.15) is 4.31 Å². The number of nitrogens with one attached hydrogen (secondary N) is 1. The second kappa shape index (κ2) is 6.87. The molecule has 0 radical (unpaired) electrons. The lowest BCUT2D eigenvalue weighted by atomic mass is 10.2. The third kappa shape index (κ3) is 3.34. The predicted octanol–water partition coefficient (Wildman–Crippen LogP) is 2.94. The van der Waals surface area contributed by atoms with E-state index >= 15 is 0 Å². The second-order valence-electron chi connectivity index (χ2n) is 6.14. The number of sulfonamides is 1. The van der Waals surface area contributed by atoms with E-state index in [0.29, 0.717) is 47.3 Å². The molecule has 0 aliphatic carbocycles. The standard InChI is InChI=1S/C17H15Cl2N3O4S/c18-12-2-1-3-14(16(12)19)21-6-8-22(9-7-21)27(24,25)11-4-5-15-13(10-11)20-17(23)26-15/h1-5,10H,6-9H2,(H,20,23). The van der Waals surface area contributed by atoms with Gasteiger partial charge in [0.25, 0.3) is 0 Å². The summed E-state index contributed by atoms with van der Waals surface area (Å²) in [5, 5.41) is 0.927. The number of hydrogen-bond donors (Lipinski definition) is 1. The highest BCUT2D eigenvalue weighted by atomic mass is 35.5. The first kappa shape index (κ1) is 18.4. The number of rotatable bonds is 3. The number of anilines is 1. The molecule has 10 heteroatoms. The van der Waals surface area contributed by atoms with Gasteiger partial charge in [0.2, 0.25) is 10.0 Å². The van der Waals surface area contributed by atoms with Gasteiger partial charge in [0.1, 0.15) is 0 Å². The number of benzene rings is 2. The van der Waals surface area contributed by atoms with Gasteiger partial charge in [-0.25, -0.2) is 13.2 Å². The zero-order valence-corrected chi connectivity index (χ0v) is 16.3. The summed E-state index contributed by atoms with van der Waals surface area (Å²) in [6.07, 6.45) is 0. The first-order valence-electron chi connectivity index (χ1n) is 8.18. The van der Waals surface area contributed by atoms with Gasteiger partial charge in [0.05, 0.1) is 26.1 Å². The maximum atomic E-state index is 12.9. The van der Waals surface area contributed by atoms with Gasteiger partial charge in [-0.05, 0) is 30.3 Å². The molecule has 142 valence electrons. The number of fused-ring (bicyclic) bond motifs is 1. The average molecular weight is 428 g/mol. The fourth-order valence-electron chi connectivity index (χ4n) is 3.15. The van der Waals surface area contributed by atoms with Crippen molar-refractivity contribution in [1.82, 2.24) is 9.29 Å². The van der Waals surface area contributed by atoms with Crippen molar-refractivity contribution in [3.63, 3.8) is 0 Å². The van der Waals surface area contributed by atoms with Crippen LogP contribution >= 0.6 is 23.2 Å². The molecule has 0 bridgehead atoms. The topological polar surface area (TPSA) is 86.6 Å². The van der Waals surface area contributed by atoms with E-state index in [-0.39, 0.29) is 4.90 Å². The number of aromatic nitrogens is 1. The lowest BCUT2D eigenvalue weighted by molar-refractivity contribution is 0.385. The lowest BCUT2D eigenvalue weighted by Crippen LogP contribution is -2.48. The second-order valence-corrected chi connectivity index (χ2v) is 8.86. The van der Waals surface area contributed by atoms with Crippen LogP contribution in [0.3, 0.4) is 0 Å². The maximum Gasteiger partial charge on any atom is 0.417 e. The molecule has 2 heterocycles. The largest absolute Gasteiger partial charge is 0.417 e. The lowest BCUT2D eigenvalue weighted by Gasteiger charge is -2.35. The number of aromatic amines is 1. The molecule has 4 rings (SSSR count). The summed E-state index contributed by atoms with van der Waals surface area (Å²) in [5.41, 5.74) is 1.46. The molecule has 0 unspecified atom stereocenters. The summed E-state index contributed by atoms with van der Waals surface area (Å²) in [4.78, 5) is 15.9. The molecule has 0 amide bonds. The van der Waals surface area contributed by atoms with E-state index in [1.165, 1.54) is 22.5 Å². The van der Waals surface area contributed by atoms with Gasteiger partial charge in [-0.15, -0.1) is 0 Å². The molecule has 1 fully saturated rings. The number of H-pyrrole nitrogens is 1. The number of hydrogen-bond acceptors (Lipinski definition) is 5. The number of halogens is 2. The van der Waals surface area contributed by atoms with E-state index in [4.69, 9.17) is 27.6 Å². The van der Waals surface area contributed by atoms with E-state index in [1.807, 2.05) is 17.0 Å². The minimum atomic E-state index is -3.68. The Labute approximate surface area is 165 Å². The summed E-state index contributed by atoms with van der Waals surface area (Å²) < 4.78 is 32.2. The molecule has 1 saturated heterocycles. The predicted molar refractivity (Wildman–Crippen MR) is 104 cm³/mol. The Morgan fingerprint density at radius 2 is 1.78 bits per heavy atom. The molecule has 0 spiro atoms. The summed E-state index contributed by atoms with van der Waals surface area (Å²) >= 11 is 12.3. The monoisotopic (exact) mass is 427 g/mol. The van der Waals surface area contributed by atoms with Crippen LogP contribution in [0.2, 0.25) is 10.0 Å². The summed E-state index contributed by atoms with van der Waals surface area (Å²) in [6.45, 7) is 1.60. The average Bonchev–Trinajstić information content (AvgIpc) is 3.03. The molecule has 0 saturated carbocycles. The third-order valence-corrected chi connectivity index (χ3v) is 7.24. The smallest absolute Gasteiger partial charge is 0.408 e. The Hall–Kier alpha value is -2.00. The quantitative estimate of drug-likeness (QED) is 0.693. The van der Waals surface area contributed by atoms with Gasteiger partial charge in [-0.3, -0.25) is 4.98 Å². The van der Waals surface area contributed by atoms with E-state index in [0.717, 1.165) is 5.69 Å². The Bertz CT molecular complexity index is 1160. The van der Waals surface area contributed by atoms with Crippen molar-refractivity contribution >= 4 is 50.0 Å². The van der Waals surface area contributed by atoms with Crippen LogP contribution in [0.4, 0.5) is 5.69 Å². The van der Waals surface area contributed by atoms with Crippen molar-refractivity contribution in [2.75, 3.05) is 31.1 Å². The van der Waals surface area contributed by atoms with Crippen molar-refractivity contribution in [2.45, 2.75) is 4.90 Å². The van der Waals surface area contributed by atoms with E-state index in [9.17, 15) is 13.2 Å². The van der Waals surface area contributed by atoms with Crippen molar-refractivity contribution in [1.29, 1.82) is 0 Å². The Balaban J connectivity index is 1.55. The van der Waals surface area contributed by atoms with Gasteiger partial charge in [0, 0.05) is 26.2 Å². The third-order valence-electron chi connectivity index (χ3n) is 4.54. The highest BCUT2D eigenvalue weighted by Gasteiger charge is 2.29. The van der Waals surface area contributed by atoms with Crippen molar-refractivity contribution in [3.8, 4) is 0 Å². The zero-order valence-electron chi connectivity index (χ0n) is 14.0. The van der Waals surface area contributed by atoms with Crippen molar-refractivity contribution < 1.29 is 12.8 Å². The van der Waals surface area contributed by atoms with Crippen LogP contribution in [0, 0.1) is 0 Å². The van der Waals surface area contributed by atoms with E-state index < -0.39 is 15.8 Å². The summed E-state index contributed by atoms with van der Waals surface area (Å²) in [7, 11) is -3.68. The highest BCUT2D eigenvalue weighted by Crippen LogP contribution is 2.33. The first-order valence-corrected chi connectivity index (χ1v) is 10.4. The van der Waals surface area contributed by atoms with Crippen LogP contribution in [-0.4, -0.2) is 43.9 Å². The molecule has 0 atom stereocenters. The molecule has 3 aromatic rings. The molecule has 1 aliphatic heterocycles. The molecular formula is C17H15Cl2N3O4S. The SMILES string of the molecule is O=c1[nH]c2cc(S(=O)(=O)N3CCN(c4cccc(Cl)c4Cl)CC3)ccc2o1. The Kier molecular flexibility index (Phi) is 4.67. The van der Waals surface area contributed by atoms with Crippen LogP contribution in [0.5, 0.6) is 0 Å². The molecule has 27 heavy (non-hydrogen) atoms. The normalized spacial score (nSPS) is 16.1. The minimum absolute atomic E-state index is 0.112. The van der Waals surface area contributed by atoms with Crippen molar-refractivity contribution in [2.24, 2.45) is 0 Å². The molecule has 1 aromatic heterocycles. The molecule has 1 N–H and O–H groups in total. The number of oxazole rings is 1. The van der Waals surface area contributed by atoms with Gasteiger partial charge >= 0.3 is 5.76 Å². The molecular weight excluding hydrogens is 413 g/mol. The number of nitrogens with zero attached hydrogens (tertiary/aromatic N) is 2. The fourth-order valence-corrected chi connectivity index (χ4v) is 5.01. The zero-order chi connectivity index (χ0) is 19.2. The van der Waals surface area contributed by atoms with E-state index in [2.05, 4.69) is 4.98 Å². The van der Waals surface area contributed by atoms with Gasteiger partial charge in [0.15, 0.2) is 5.58 Å². The molecule has 7 nitrogen and oxygen atoms in total. The minimum Gasteiger partial charge on any atom is -0.408 e. The number of piperazine rings is 1.